The molecule has 0 radical (unpaired) electrons. The fraction of sp³-hybridized carbons (Fsp3) is 0.545. The van der Waals surface area contributed by atoms with Gasteiger partial charge < -0.3 is 10.2 Å². The van der Waals surface area contributed by atoms with Gasteiger partial charge in [0, 0.05) is 38.6 Å². The molecule has 2 heterocycles. The molecule has 2 aliphatic heterocycles. The third kappa shape index (κ3) is 4.30. The molecule has 2 amide bonds. The average Bonchev–Trinajstić information content (AvgIpc) is 3.19. The van der Waals surface area contributed by atoms with E-state index in [1.54, 1.807) is 9.21 Å². The molecule has 1 N–H and O–H groups in total. The van der Waals surface area contributed by atoms with E-state index >= 15 is 0 Å². The molecule has 2 unspecified atom stereocenters. The number of benzene rings is 1. The number of fused-ring (bicyclic) bond motifs is 1. The van der Waals surface area contributed by atoms with Crippen LogP contribution in [-0.4, -0.2) is 66.9 Å². The van der Waals surface area contributed by atoms with E-state index in [4.69, 9.17) is 0 Å². The van der Waals surface area contributed by atoms with Crippen molar-refractivity contribution in [2.24, 2.45) is 11.8 Å². The van der Waals surface area contributed by atoms with Gasteiger partial charge in [0.1, 0.15) is 0 Å². The second-order valence-corrected chi connectivity index (χ2v) is 10.7. The Labute approximate surface area is 178 Å². The lowest BCUT2D eigenvalue weighted by molar-refractivity contribution is -0.132. The monoisotopic (exact) mass is 431 g/mol. The number of aryl methyl sites for hydroxylation is 1. The molecule has 30 heavy (non-hydrogen) atoms. The predicted octanol–water partition coefficient (Wildman–Crippen LogP) is 1.17. The Morgan fingerprint density at radius 2 is 1.73 bits per heavy atom. The third-order valence-corrected chi connectivity index (χ3v) is 9.03. The molecule has 3 fully saturated rings. The zero-order chi connectivity index (χ0) is 21.3. The number of sulfonamides is 1. The Morgan fingerprint density at radius 3 is 2.33 bits per heavy atom. The van der Waals surface area contributed by atoms with Gasteiger partial charge in [0.2, 0.25) is 21.8 Å². The number of hydrogen-bond acceptors (Lipinski definition) is 4. The van der Waals surface area contributed by atoms with Crippen LogP contribution in [0.15, 0.2) is 43.0 Å². The molecule has 4 rings (SSSR count). The zero-order valence-corrected chi connectivity index (χ0v) is 17.9. The third-order valence-electron chi connectivity index (χ3n) is 6.70. The molecule has 3 aliphatic rings. The van der Waals surface area contributed by atoms with Gasteiger partial charge in [-0.25, -0.2) is 12.7 Å². The number of hydrogen-bond donors (Lipinski definition) is 1. The number of likely N-dealkylation sites (tertiary alicyclic amines) is 1. The summed E-state index contributed by atoms with van der Waals surface area (Å²) in [6.45, 7) is 5.40. The number of nitrogens with zero attached hydrogens (tertiary/aromatic N) is 2. The standard InChI is InChI=1S/C22H29N3O4S/c1-2-20(26)23-22-18-14-25(15-19(18)22)30(28,29)17-10-12-24(13-11-17)21(27)9-8-16-6-4-3-5-7-16/h2-7,17-19,22H,1,8-15H2,(H,23,26). The van der Waals surface area contributed by atoms with Crippen molar-refractivity contribution >= 4 is 21.8 Å². The Bertz CT molecular complexity index is 898. The van der Waals surface area contributed by atoms with Crippen LogP contribution in [0.3, 0.4) is 0 Å². The maximum atomic E-state index is 13.0. The summed E-state index contributed by atoms with van der Waals surface area (Å²) in [5.74, 6) is 0.317. The molecule has 2 saturated heterocycles. The van der Waals surface area contributed by atoms with Crippen LogP contribution >= 0.6 is 0 Å². The van der Waals surface area contributed by atoms with Crippen molar-refractivity contribution in [3.63, 3.8) is 0 Å². The van der Waals surface area contributed by atoms with E-state index in [0.717, 1.165) is 5.56 Å². The Morgan fingerprint density at radius 1 is 1.10 bits per heavy atom. The Hall–Kier alpha value is -2.19. The van der Waals surface area contributed by atoms with Crippen molar-refractivity contribution in [3.05, 3.63) is 48.6 Å². The summed E-state index contributed by atoms with van der Waals surface area (Å²) in [5, 5.41) is 2.45. The number of rotatable bonds is 7. The lowest BCUT2D eigenvalue weighted by Gasteiger charge is -2.34. The molecule has 1 aliphatic carbocycles. The SMILES string of the molecule is C=CC(=O)NC1C2CN(S(=O)(=O)C3CCN(C(=O)CCc4ccccc4)CC3)CC21. The lowest BCUT2D eigenvalue weighted by atomic mass is 10.1. The second-order valence-electron chi connectivity index (χ2n) is 8.49. The van der Waals surface area contributed by atoms with Crippen LogP contribution in [0.2, 0.25) is 0 Å². The van der Waals surface area contributed by atoms with E-state index in [2.05, 4.69) is 11.9 Å². The van der Waals surface area contributed by atoms with Gasteiger partial charge in [-0.1, -0.05) is 36.9 Å². The van der Waals surface area contributed by atoms with Gasteiger partial charge in [-0.05, 0) is 42.7 Å². The van der Waals surface area contributed by atoms with Gasteiger partial charge in [0.05, 0.1) is 5.25 Å². The molecule has 0 spiro atoms. The molecule has 8 heteroatoms. The van der Waals surface area contributed by atoms with Gasteiger partial charge in [-0.15, -0.1) is 0 Å². The molecule has 1 aromatic rings. The first-order valence-corrected chi connectivity index (χ1v) is 12.1. The molecule has 1 saturated carbocycles. The first-order valence-electron chi connectivity index (χ1n) is 10.6. The van der Waals surface area contributed by atoms with Crippen LogP contribution in [0, 0.1) is 11.8 Å². The van der Waals surface area contributed by atoms with Gasteiger partial charge in [0.25, 0.3) is 0 Å². The number of carbonyl (C=O) groups excluding carboxylic acids is 2. The fourth-order valence-electron chi connectivity index (χ4n) is 4.80. The number of nitrogens with one attached hydrogen (secondary N) is 1. The minimum atomic E-state index is -3.36. The summed E-state index contributed by atoms with van der Waals surface area (Å²) in [6, 6.07) is 9.99. The van der Waals surface area contributed by atoms with Gasteiger partial charge in [0.15, 0.2) is 0 Å². The molecule has 2 atom stereocenters. The highest BCUT2D eigenvalue weighted by Crippen LogP contribution is 2.47. The summed E-state index contributed by atoms with van der Waals surface area (Å²) in [5.41, 5.74) is 1.14. The molecule has 1 aromatic carbocycles. The number of carbonyl (C=O) groups is 2. The van der Waals surface area contributed by atoms with Crippen LogP contribution < -0.4 is 5.32 Å². The van der Waals surface area contributed by atoms with Crippen LogP contribution in [0.1, 0.15) is 24.8 Å². The maximum absolute atomic E-state index is 13.0. The van der Waals surface area contributed by atoms with E-state index < -0.39 is 15.3 Å². The Kier molecular flexibility index (Phi) is 5.97. The highest BCUT2D eigenvalue weighted by molar-refractivity contribution is 7.89. The van der Waals surface area contributed by atoms with Crippen molar-refractivity contribution in [2.75, 3.05) is 26.2 Å². The van der Waals surface area contributed by atoms with Gasteiger partial charge in [-0.2, -0.15) is 0 Å². The summed E-state index contributed by atoms with van der Waals surface area (Å²) in [6.07, 6.45) is 3.38. The zero-order valence-electron chi connectivity index (χ0n) is 17.1. The number of amides is 2. The summed E-state index contributed by atoms with van der Waals surface area (Å²) >= 11 is 0. The van der Waals surface area contributed by atoms with E-state index in [-0.39, 0.29) is 29.7 Å². The van der Waals surface area contributed by atoms with E-state index in [0.29, 0.717) is 51.9 Å². The van der Waals surface area contributed by atoms with Gasteiger partial charge in [-0.3, -0.25) is 9.59 Å². The summed E-state index contributed by atoms with van der Waals surface area (Å²) in [7, 11) is -3.36. The quantitative estimate of drug-likeness (QED) is 0.657. The second kappa shape index (κ2) is 8.51. The normalized spacial score (nSPS) is 26.8. The van der Waals surface area contributed by atoms with E-state index in [9.17, 15) is 18.0 Å². The van der Waals surface area contributed by atoms with Crippen molar-refractivity contribution in [1.82, 2.24) is 14.5 Å². The minimum absolute atomic E-state index is 0.0750. The first-order chi connectivity index (χ1) is 14.4. The fourth-order valence-corrected chi connectivity index (χ4v) is 6.79. The van der Waals surface area contributed by atoms with Crippen LogP contribution in [0.25, 0.3) is 0 Å². The highest BCUT2D eigenvalue weighted by atomic mass is 32.2. The largest absolute Gasteiger partial charge is 0.349 e. The Balaban J connectivity index is 1.23. The highest BCUT2D eigenvalue weighted by Gasteiger charge is 2.59. The smallest absolute Gasteiger partial charge is 0.243 e. The molecule has 162 valence electrons. The van der Waals surface area contributed by atoms with Crippen LogP contribution in [-0.2, 0) is 26.0 Å². The first kappa shape index (κ1) is 21.1. The van der Waals surface area contributed by atoms with E-state index in [1.165, 1.54) is 6.08 Å². The molecule has 7 nitrogen and oxygen atoms in total. The molecule has 0 aromatic heterocycles. The summed E-state index contributed by atoms with van der Waals surface area (Å²) < 4.78 is 27.7. The predicted molar refractivity (Wildman–Crippen MR) is 114 cm³/mol. The van der Waals surface area contributed by atoms with Crippen LogP contribution in [0.4, 0.5) is 0 Å². The lowest BCUT2D eigenvalue weighted by Crippen LogP contribution is -2.47. The number of piperidine rings is 2. The van der Waals surface area contributed by atoms with Crippen molar-refractivity contribution < 1.29 is 18.0 Å². The minimum Gasteiger partial charge on any atom is -0.349 e. The van der Waals surface area contributed by atoms with E-state index in [1.807, 2.05) is 30.3 Å². The van der Waals surface area contributed by atoms with Crippen molar-refractivity contribution in [1.29, 1.82) is 0 Å². The van der Waals surface area contributed by atoms with Gasteiger partial charge >= 0.3 is 0 Å². The molecule has 0 bridgehead atoms. The molecular weight excluding hydrogens is 402 g/mol. The topological polar surface area (TPSA) is 86.8 Å². The maximum Gasteiger partial charge on any atom is 0.243 e. The summed E-state index contributed by atoms with van der Waals surface area (Å²) in [4.78, 5) is 25.7. The average molecular weight is 432 g/mol. The van der Waals surface area contributed by atoms with Crippen molar-refractivity contribution in [3.8, 4) is 0 Å². The van der Waals surface area contributed by atoms with Crippen molar-refractivity contribution in [2.45, 2.75) is 37.0 Å². The van der Waals surface area contributed by atoms with Crippen LogP contribution in [0.5, 0.6) is 0 Å². The molecular formula is C22H29N3O4S.